The summed E-state index contributed by atoms with van der Waals surface area (Å²) in [5.41, 5.74) is 1.79. The fraction of sp³-hybridized carbons (Fsp3) is 0.556. The number of hydrogen-bond donors (Lipinski definition) is 2. The summed E-state index contributed by atoms with van der Waals surface area (Å²) < 4.78 is 3.73. The Morgan fingerprint density at radius 2 is 2.17 bits per heavy atom. The van der Waals surface area contributed by atoms with Crippen LogP contribution in [-0.4, -0.2) is 11.9 Å². The van der Waals surface area contributed by atoms with E-state index >= 15 is 0 Å². The van der Waals surface area contributed by atoms with Crippen LogP contribution in [0, 0.1) is 5.41 Å². The fourth-order valence-corrected chi connectivity index (χ4v) is 1.12. The second-order valence-corrected chi connectivity index (χ2v) is 2.70. The molecule has 0 radical (unpaired) electrons. The topological polar surface area (TPSA) is 36.2 Å². The monoisotopic (exact) mass is 184 g/mol. The van der Waals surface area contributed by atoms with Gasteiger partial charge < -0.3 is 5.41 Å². The second-order valence-electron chi connectivity index (χ2n) is 2.50. The van der Waals surface area contributed by atoms with Gasteiger partial charge in [-0.3, -0.25) is 0 Å². The number of nitrogens with one attached hydrogen (secondary N) is 1. The maximum absolute atomic E-state index is 7.08. The molecule has 0 spiro atoms. The zero-order chi connectivity index (χ0) is 9.40. The molecule has 0 amide bonds. The van der Waals surface area contributed by atoms with Crippen LogP contribution >= 0.6 is 12.8 Å². The SMILES string of the molecule is CCC/C=C(CC)/C(C=N)=N/S. The van der Waals surface area contributed by atoms with Crippen molar-refractivity contribution >= 4 is 24.7 Å². The molecule has 0 aliphatic rings. The molecule has 0 rings (SSSR count). The van der Waals surface area contributed by atoms with Crippen molar-refractivity contribution in [2.45, 2.75) is 33.1 Å². The molecule has 1 N–H and O–H groups in total. The fourth-order valence-electron chi connectivity index (χ4n) is 0.934. The van der Waals surface area contributed by atoms with Gasteiger partial charge in [-0.15, -0.1) is 0 Å². The Bertz CT molecular complexity index is 195. The molecule has 3 heteroatoms. The van der Waals surface area contributed by atoms with Crippen molar-refractivity contribution in [2.24, 2.45) is 4.40 Å². The van der Waals surface area contributed by atoms with Crippen molar-refractivity contribution < 1.29 is 0 Å². The first kappa shape index (κ1) is 11.4. The zero-order valence-corrected chi connectivity index (χ0v) is 8.56. The summed E-state index contributed by atoms with van der Waals surface area (Å²) in [4.78, 5) is 0. The maximum Gasteiger partial charge on any atom is 0.0914 e. The molecular formula is C9H16N2S. The molecular weight excluding hydrogens is 168 g/mol. The Hall–Kier alpha value is -0.570. The second kappa shape index (κ2) is 7.10. The van der Waals surface area contributed by atoms with Crippen LogP contribution in [0.4, 0.5) is 0 Å². The molecule has 2 nitrogen and oxygen atoms in total. The number of unbranched alkanes of at least 4 members (excludes halogenated alkanes) is 1. The zero-order valence-electron chi connectivity index (χ0n) is 7.67. The predicted molar refractivity (Wildman–Crippen MR) is 58.5 cm³/mol. The number of hydrogen-bond acceptors (Lipinski definition) is 3. The predicted octanol–water partition coefficient (Wildman–Crippen LogP) is 3.06. The van der Waals surface area contributed by atoms with Crippen LogP contribution in [0.5, 0.6) is 0 Å². The van der Waals surface area contributed by atoms with Crippen LogP contribution in [0.15, 0.2) is 16.0 Å². The van der Waals surface area contributed by atoms with Gasteiger partial charge in [-0.25, -0.2) is 4.40 Å². The van der Waals surface area contributed by atoms with E-state index in [2.05, 4.69) is 37.1 Å². The summed E-state index contributed by atoms with van der Waals surface area (Å²) in [5, 5.41) is 7.08. The molecule has 68 valence electrons. The molecule has 0 atom stereocenters. The van der Waals surface area contributed by atoms with E-state index < -0.39 is 0 Å². The van der Waals surface area contributed by atoms with Gasteiger partial charge in [0.05, 0.1) is 5.71 Å². The lowest BCUT2D eigenvalue weighted by Crippen LogP contribution is -2.01. The smallest absolute Gasteiger partial charge is 0.0914 e. The van der Waals surface area contributed by atoms with E-state index in [1.807, 2.05) is 0 Å². The lowest BCUT2D eigenvalue weighted by molar-refractivity contribution is 0.946. The van der Waals surface area contributed by atoms with Gasteiger partial charge in [0.1, 0.15) is 0 Å². The van der Waals surface area contributed by atoms with Crippen molar-refractivity contribution in [3.63, 3.8) is 0 Å². The van der Waals surface area contributed by atoms with E-state index in [-0.39, 0.29) is 0 Å². The van der Waals surface area contributed by atoms with E-state index in [0.29, 0.717) is 5.71 Å². The molecule has 0 aromatic rings. The van der Waals surface area contributed by atoms with E-state index in [1.165, 1.54) is 6.21 Å². The van der Waals surface area contributed by atoms with Crippen molar-refractivity contribution in [1.82, 2.24) is 0 Å². The highest BCUT2D eigenvalue weighted by Gasteiger charge is 1.99. The Labute approximate surface area is 79.8 Å². The number of thiol groups is 1. The van der Waals surface area contributed by atoms with Gasteiger partial charge in [-0.2, -0.15) is 0 Å². The molecule has 0 bridgehead atoms. The third kappa shape index (κ3) is 3.72. The number of allylic oxidation sites excluding steroid dienone is 2. The average Bonchev–Trinajstić information content (AvgIpc) is 2.12. The lowest BCUT2D eigenvalue weighted by Gasteiger charge is -2.01. The van der Waals surface area contributed by atoms with Gasteiger partial charge in [0, 0.05) is 6.21 Å². The molecule has 12 heavy (non-hydrogen) atoms. The number of nitrogens with zero attached hydrogens (tertiary/aromatic N) is 1. The average molecular weight is 184 g/mol. The Kier molecular flexibility index (Phi) is 6.76. The lowest BCUT2D eigenvalue weighted by atomic mass is 10.1. The number of rotatable bonds is 5. The van der Waals surface area contributed by atoms with Gasteiger partial charge in [0.25, 0.3) is 0 Å². The summed E-state index contributed by atoms with van der Waals surface area (Å²) >= 11 is 3.81. The van der Waals surface area contributed by atoms with Crippen molar-refractivity contribution in [3.8, 4) is 0 Å². The quantitative estimate of drug-likeness (QED) is 0.487. The standard InChI is InChI=1S/C9H16N2S/c1-3-5-6-8(4-2)9(7-10)11-12/h6-7,10,12H,3-5H2,1-2H3/b8-6+,10-7?,11-9+. The van der Waals surface area contributed by atoms with Crippen LogP contribution in [0.2, 0.25) is 0 Å². The minimum absolute atomic E-state index is 0.675. The molecule has 0 unspecified atom stereocenters. The highest BCUT2D eigenvalue weighted by Crippen LogP contribution is 2.06. The van der Waals surface area contributed by atoms with E-state index in [9.17, 15) is 0 Å². The summed E-state index contributed by atoms with van der Waals surface area (Å²) in [6.07, 6.45) is 6.46. The molecule has 0 aliphatic heterocycles. The summed E-state index contributed by atoms with van der Waals surface area (Å²) in [6.45, 7) is 4.19. The first-order chi connectivity index (χ1) is 5.79. The van der Waals surface area contributed by atoms with Crippen LogP contribution in [0.3, 0.4) is 0 Å². The summed E-state index contributed by atoms with van der Waals surface area (Å²) in [6, 6.07) is 0. The van der Waals surface area contributed by atoms with E-state index in [1.54, 1.807) is 0 Å². The summed E-state index contributed by atoms with van der Waals surface area (Å²) in [5.74, 6) is 0. The van der Waals surface area contributed by atoms with Crippen LogP contribution in [-0.2, 0) is 0 Å². The third-order valence-corrected chi connectivity index (χ3v) is 1.85. The van der Waals surface area contributed by atoms with Gasteiger partial charge in [-0.05, 0) is 31.2 Å². The Morgan fingerprint density at radius 3 is 2.50 bits per heavy atom. The minimum atomic E-state index is 0.675. The highest BCUT2D eigenvalue weighted by atomic mass is 32.1. The first-order valence-corrected chi connectivity index (χ1v) is 4.62. The largest absolute Gasteiger partial charge is 0.306 e. The van der Waals surface area contributed by atoms with Gasteiger partial charge in [0.15, 0.2) is 0 Å². The summed E-state index contributed by atoms with van der Waals surface area (Å²) in [7, 11) is 0. The first-order valence-electron chi connectivity index (χ1n) is 4.22. The van der Waals surface area contributed by atoms with E-state index in [4.69, 9.17) is 5.41 Å². The maximum atomic E-state index is 7.08. The molecule has 0 saturated carbocycles. The van der Waals surface area contributed by atoms with Gasteiger partial charge >= 0.3 is 0 Å². The molecule has 0 aliphatic carbocycles. The Balaban J connectivity index is 4.41. The molecule has 0 aromatic heterocycles. The van der Waals surface area contributed by atoms with Gasteiger partial charge in [0.2, 0.25) is 0 Å². The molecule has 0 heterocycles. The molecule has 0 fully saturated rings. The van der Waals surface area contributed by atoms with Crippen molar-refractivity contribution in [1.29, 1.82) is 5.41 Å². The van der Waals surface area contributed by atoms with Crippen molar-refractivity contribution in [2.75, 3.05) is 0 Å². The highest BCUT2D eigenvalue weighted by molar-refractivity contribution is 7.79. The molecule has 0 saturated heterocycles. The van der Waals surface area contributed by atoms with Crippen LogP contribution < -0.4 is 0 Å². The van der Waals surface area contributed by atoms with Crippen LogP contribution in [0.1, 0.15) is 33.1 Å². The minimum Gasteiger partial charge on any atom is -0.306 e. The van der Waals surface area contributed by atoms with E-state index in [0.717, 1.165) is 24.8 Å². The molecule has 0 aromatic carbocycles. The third-order valence-electron chi connectivity index (χ3n) is 1.63. The van der Waals surface area contributed by atoms with Crippen molar-refractivity contribution in [3.05, 3.63) is 11.6 Å². The van der Waals surface area contributed by atoms with Gasteiger partial charge in [-0.1, -0.05) is 26.3 Å². The van der Waals surface area contributed by atoms with Crippen LogP contribution in [0.25, 0.3) is 0 Å². The normalized spacial score (nSPS) is 13.2. The Morgan fingerprint density at radius 1 is 1.50 bits per heavy atom.